The van der Waals surface area contributed by atoms with Crippen LogP contribution in [-0.4, -0.2) is 37.7 Å². The predicted octanol–water partition coefficient (Wildman–Crippen LogP) is 3.23. The lowest BCUT2D eigenvalue weighted by molar-refractivity contribution is -0.117. The molecule has 0 aliphatic heterocycles. The fourth-order valence-corrected chi connectivity index (χ4v) is 2.72. The van der Waals surface area contributed by atoms with Crippen molar-refractivity contribution < 1.29 is 13.6 Å². The first-order chi connectivity index (χ1) is 12.1. The van der Waals surface area contributed by atoms with Crippen LogP contribution in [0, 0.1) is 0 Å². The summed E-state index contributed by atoms with van der Waals surface area (Å²) in [4.78, 5) is 20.4. The molecule has 0 saturated heterocycles. The van der Waals surface area contributed by atoms with Crippen LogP contribution >= 0.6 is 11.8 Å². The maximum absolute atomic E-state index is 13.3. The Kier molecular flexibility index (Phi) is 5.34. The fourth-order valence-electron chi connectivity index (χ4n) is 1.98. The summed E-state index contributed by atoms with van der Waals surface area (Å²) in [5, 5.41) is 7.39. The van der Waals surface area contributed by atoms with Crippen LogP contribution in [0.25, 0.3) is 11.5 Å². The predicted molar refractivity (Wildman–Crippen MR) is 90.3 cm³/mol. The molecule has 2 heterocycles. The number of benzene rings is 1. The van der Waals surface area contributed by atoms with Gasteiger partial charge >= 0.3 is 0 Å². The molecule has 0 spiro atoms. The summed E-state index contributed by atoms with van der Waals surface area (Å²) < 4.78 is 26.6. The Bertz CT molecular complexity index is 829. The van der Waals surface area contributed by atoms with Gasteiger partial charge in [-0.2, -0.15) is 4.98 Å². The molecule has 0 fully saturated rings. The normalized spacial score (nSPS) is 12.1. The molecule has 9 heteroatoms. The average molecular weight is 361 g/mol. The number of para-hydroxylation sites is 1. The topological polar surface area (TPSA) is 83.6 Å². The first kappa shape index (κ1) is 17.0. The molecule has 0 bridgehead atoms. The lowest BCUT2D eigenvalue weighted by Crippen LogP contribution is -2.31. The Labute approximate surface area is 146 Å². The average Bonchev–Trinajstić information content (AvgIpc) is 3.10. The number of nitrogens with zero attached hydrogens (tertiary/aromatic N) is 3. The van der Waals surface area contributed by atoms with Crippen LogP contribution in [0.5, 0.6) is 0 Å². The summed E-state index contributed by atoms with van der Waals surface area (Å²) >= 11 is 0.596. The fraction of sp³-hybridized carbons (Fsp3) is 0.125. The standard InChI is InChI=1S/C16H13F2N5OS/c17-13(18)12(15(24)20-10-6-2-1-3-7-10)25-16-21-14(22-23-16)11-8-4-5-9-19-11/h1-9,12-13H,(H,20,24)(H,21,22,23). The van der Waals surface area contributed by atoms with E-state index in [-0.39, 0.29) is 5.16 Å². The van der Waals surface area contributed by atoms with E-state index in [0.29, 0.717) is 29.0 Å². The summed E-state index contributed by atoms with van der Waals surface area (Å²) in [5.41, 5.74) is 0.979. The monoisotopic (exact) mass is 361 g/mol. The van der Waals surface area contributed by atoms with E-state index >= 15 is 0 Å². The quantitative estimate of drug-likeness (QED) is 0.659. The number of alkyl halides is 2. The van der Waals surface area contributed by atoms with Gasteiger partial charge in [0.15, 0.2) is 11.1 Å². The van der Waals surface area contributed by atoms with Crippen molar-refractivity contribution in [3.63, 3.8) is 0 Å². The number of aromatic nitrogens is 4. The molecule has 0 aliphatic rings. The number of hydrogen-bond acceptors (Lipinski definition) is 5. The van der Waals surface area contributed by atoms with Gasteiger partial charge in [0.1, 0.15) is 5.69 Å². The first-order valence-electron chi connectivity index (χ1n) is 7.28. The number of rotatable bonds is 6. The molecule has 3 aromatic rings. The second-order valence-electron chi connectivity index (χ2n) is 4.91. The van der Waals surface area contributed by atoms with Crippen LogP contribution in [0.1, 0.15) is 0 Å². The van der Waals surface area contributed by atoms with E-state index in [1.54, 1.807) is 54.7 Å². The molecule has 1 aromatic carbocycles. The van der Waals surface area contributed by atoms with Crippen molar-refractivity contribution in [2.24, 2.45) is 0 Å². The van der Waals surface area contributed by atoms with E-state index in [4.69, 9.17) is 0 Å². The molecule has 0 aliphatic carbocycles. The van der Waals surface area contributed by atoms with Crippen LogP contribution in [-0.2, 0) is 4.79 Å². The molecule has 1 atom stereocenters. The molecule has 3 rings (SSSR count). The number of carbonyl (C=O) groups excluding carboxylic acids is 1. The number of hydrogen-bond donors (Lipinski definition) is 2. The van der Waals surface area contributed by atoms with E-state index in [2.05, 4.69) is 25.5 Å². The van der Waals surface area contributed by atoms with Crippen LogP contribution < -0.4 is 5.32 Å². The molecule has 1 amide bonds. The number of halogens is 2. The highest BCUT2D eigenvalue weighted by Crippen LogP contribution is 2.27. The van der Waals surface area contributed by atoms with Gasteiger partial charge in [0, 0.05) is 11.9 Å². The molecule has 25 heavy (non-hydrogen) atoms. The second-order valence-corrected chi connectivity index (χ2v) is 6.02. The van der Waals surface area contributed by atoms with E-state index in [9.17, 15) is 13.6 Å². The second kappa shape index (κ2) is 7.84. The van der Waals surface area contributed by atoms with E-state index < -0.39 is 17.6 Å². The third kappa shape index (κ3) is 4.38. The number of pyridine rings is 1. The number of thioether (sulfide) groups is 1. The van der Waals surface area contributed by atoms with Crippen molar-refractivity contribution in [3.05, 3.63) is 54.7 Å². The molecule has 1 unspecified atom stereocenters. The summed E-state index contributed by atoms with van der Waals surface area (Å²) in [5.74, 6) is -0.463. The van der Waals surface area contributed by atoms with Gasteiger partial charge in [-0.15, -0.1) is 5.10 Å². The Balaban J connectivity index is 1.72. The van der Waals surface area contributed by atoms with Crippen molar-refractivity contribution >= 4 is 23.4 Å². The Morgan fingerprint density at radius 1 is 1.12 bits per heavy atom. The Morgan fingerprint density at radius 2 is 1.88 bits per heavy atom. The van der Waals surface area contributed by atoms with Crippen molar-refractivity contribution in [2.45, 2.75) is 16.8 Å². The number of nitrogens with one attached hydrogen (secondary N) is 2. The third-order valence-electron chi connectivity index (χ3n) is 3.13. The molecule has 0 saturated carbocycles. The molecular formula is C16H13F2N5OS. The van der Waals surface area contributed by atoms with Gasteiger partial charge in [-0.05, 0) is 24.3 Å². The number of aromatic amines is 1. The van der Waals surface area contributed by atoms with Crippen LogP contribution in [0.3, 0.4) is 0 Å². The van der Waals surface area contributed by atoms with Crippen molar-refractivity contribution in [3.8, 4) is 11.5 Å². The summed E-state index contributed by atoms with van der Waals surface area (Å²) in [7, 11) is 0. The molecule has 2 aromatic heterocycles. The lowest BCUT2D eigenvalue weighted by atomic mass is 10.3. The van der Waals surface area contributed by atoms with Crippen molar-refractivity contribution in [2.75, 3.05) is 5.32 Å². The van der Waals surface area contributed by atoms with Gasteiger partial charge in [0.25, 0.3) is 6.43 Å². The minimum atomic E-state index is -2.87. The summed E-state index contributed by atoms with van der Waals surface area (Å²) in [6, 6.07) is 13.6. The molecule has 2 N–H and O–H groups in total. The maximum atomic E-state index is 13.3. The minimum Gasteiger partial charge on any atom is -0.325 e. The molecule has 0 radical (unpaired) electrons. The zero-order chi connectivity index (χ0) is 17.6. The highest BCUT2D eigenvalue weighted by molar-refractivity contribution is 8.00. The SMILES string of the molecule is O=C(Nc1ccccc1)C(Sc1n[nH]c(-c2ccccn2)n1)C(F)F. The highest BCUT2D eigenvalue weighted by Gasteiger charge is 2.31. The zero-order valence-corrected chi connectivity index (χ0v) is 13.6. The first-order valence-corrected chi connectivity index (χ1v) is 8.16. The van der Waals surface area contributed by atoms with Gasteiger partial charge in [0.05, 0.1) is 0 Å². The maximum Gasteiger partial charge on any atom is 0.259 e. The van der Waals surface area contributed by atoms with E-state index in [0.717, 1.165) is 0 Å². The van der Waals surface area contributed by atoms with Gasteiger partial charge in [-0.25, -0.2) is 8.78 Å². The summed E-state index contributed by atoms with van der Waals surface area (Å²) in [6.07, 6.45) is -1.29. The number of amides is 1. The van der Waals surface area contributed by atoms with Crippen LogP contribution in [0.15, 0.2) is 59.9 Å². The minimum absolute atomic E-state index is 0.0502. The van der Waals surface area contributed by atoms with Gasteiger partial charge in [-0.3, -0.25) is 14.9 Å². The third-order valence-corrected chi connectivity index (χ3v) is 4.20. The van der Waals surface area contributed by atoms with Crippen LogP contribution in [0.4, 0.5) is 14.5 Å². The van der Waals surface area contributed by atoms with Crippen molar-refractivity contribution in [1.29, 1.82) is 0 Å². The smallest absolute Gasteiger partial charge is 0.259 e. The molecule has 128 valence electrons. The van der Waals surface area contributed by atoms with Gasteiger partial charge in [-0.1, -0.05) is 36.0 Å². The largest absolute Gasteiger partial charge is 0.325 e. The zero-order valence-electron chi connectivity index (χ0n) is 12.8. The van der Waals surface area contributed by atoms with Gasteiger partial charge < -0.3 is 5.32 Å². The molecule has 6 nitrogen and oxygen atoms in total. The van der Waals surface area contributed by atoms with E-state index in [1.807, 2.05) is 0 Å². The Hall–Kier alpha value is -2.81. The lowest BCUT2D eigenvalue weighted by Gasteiger charge is -2.13. The number of H-pyrrole nitrogens is 1. The van der Waals surface area contributed by atoms with Gasteiger partial charge in [0.2, 0.25) is 11.1 Å². The van der Waals surface area contributed by atoms with Crippen LogP contribution in [0.2, 0.25) is 0 Å². The Morgan fingerprint density at radius 3 is 2.56 bits per heavy atom. The van der Waals surface area contributed by atoms with Crippen molar-refractivity contribution in [1.82, 2.24) is 20.2 Å². The molecular weight excluding hydrogens is 348 g/mol. The number of carbonyl (C=O) groups is 1. The summed E-state index contributed by atoms with van der Waals surface area (Å²) in [6.45, 7) is 0. The highest BCUT2D eigenvalue weighted by atomic mass is 32.2. The van der Waals surface area contributed by atoms with E-state index in [1.165, 1.54) is 0 Å². The number of anilines is 1.